The molecule has 30 heavy (non-hydrogen) atoms. The molecule has 3 aromatic rings. The van der Waals surface area contributed by atoms with Gasteiger partial charge in [0.05, 0.1) is 11.8 Å². The minimum absolute atomic E-state index is 0.157. The number of carbonyl (C=O) groups excluding carboxylic acids is 1. The van der Waals surface area contributed by atoms with Gasteiger partial charge in [0, 0.05) is 48.0 Å². The van der Waals surface area contributed by atoms with Crippen molar-refractivity contribution in [3.63, 3.8) is 0 Å². The van der Waals surface area contributed by atoms with Crippen LogP contribution in [0, 0.1) is 5.92 Å². The van der Waals surface area contributed by atoms with Gasteiger partial charge in [-0.05, 0) is 42.5 Å². The number of amides is 1. The second-order valence-corrected chi connectivity index (χ2v) is 9.42. The number of fused-ring (bicyclic) bond motifs is 1. The lowest BCUT2D eigenvalue weighted by molar-refractivity contribution is 0.1000. The summed E-state index contributed by atoms with van der Waals surface area (Å²) in [6.07, 6.45) is 5.63. The summed E-state index contributed by atoms with van der Waals surface area (Å²) in [5.41, 5.74) is 3.37. The van der Waals surface area contributed by atoms with Crippen molar-refractivity contribution in [1.82, 2.24) is 14.8 Å². The number of hydrogen-bond donors (Lipinski definition) is 1. The average Bonchev–Trinajstić information content (AvgIpc) is 3.14. The second kappa shape index (κ2) is 9.62. The summed E-state index contributed by atoms with van der Waals surface area (Å²) < 4.78 is 7.32. The van der Waals surface area contributed by atoms with Gasteiger partial charge in [-0.3, -0.25) is 4.79 Å². The molecule has 1 saturated heterocycles. The van der Waals surface area contributed by atoms with Crippen LogP contribution in [0.15, 0.2) is 42.7 Å². The molecule has 0 unspecified atom stereocenters. The van der Waals surface area contributed by atoms with Crippen molar-refractivity contribution in [2.75, 3.05) is 18.5 Å². The number of hydrogen-bond acceptors (Lipinski definition) is 5. The van der Waals surface area contributed by atoms with E-state index in [4.69, 9.17) is 4.74 Å². The number of thioether (sulfide) groups is 1. The van der Waals surface area contributed by atoms with Gasteiger partial charge >= 0.3 is 0 Å². The van der Waals surface area contributed by atoms with E-state index in [1.54, 1.807) is 12.4 Å². The minimum atomic E-state index is -0.157. The van der Waals surface area contributed by atoms with Crippen molar-refractivity contribution in [2.24, 2.45) is 5.92 Å². The van der Waals surface area contributed by atoms with Crippen LogP contribution >= 0.6 is 11.8 Å². The lowest BCUT2D eigenvalue weighted by Gasteiger charge is -2.21. The van der Waals surface area contributed by atoms with Gasteiger partial charge in [-0.2, -0.15) is 16.9 Å². The Morgan fingerprint density at radius 1 is 1.27 bits per heavy atom. The molecule has 4 rings (SSSR count). The van der Waals surface area contributed by atoms with Gasteiger partial charge in [0.2, 0.25) is 0 Å². The molecular weight excluding hydrogens is 396 g/mol. The Morgan fingerprint density at radius 2 is 2.10 bits per heavy atom. The van der Waals surface area contributed by atoms with Crippen molar-refractivity contribution < 1.29 is 9.53 Å². The molecule has 3 heterocycles. The standard InChI is InChI=1S/C23H28N4O2S/c1-16(2)14-27-22-18(13-25-27)11-19(12-24-22)23(28)26-20-5-3-4-17(10-20)15-30-21-6-8-29-9-7-21/h3-5,10-13,16,21H,6-9,14-15H2,1-2H3,(H,26,28). The summed E-state index contributed by atoms with van der Waals surface area (Å²) in [7, 11) is 0. The van der Waals surface area contributed by atoms with Gasteiger partial charge in [0.1, 0.15) is 0 Å². The number of benzene rings is 1. The van der Waals surface area contributed by atoms with Crippen LogP contribution in [0.1, 0.15) is 42.6 Å². The molecule has 0 spiro atoms. The Hall–Kier alpha value is -2.38. The molecule has 0 radical (unpaired) electrons. The van der Waals surface area contributed by atoms with Crippen LogP contribution in [0.2, 0.25) is 0 Å². The quantitative estimate of drug-likeness (QED) is 0.593. The van der Waals surface area contributed by atoms with E-state index in [2.05, 4.69) is 41.4 Å². The fourth-order valence-corrected chi connectivity index (χ4v) is 4.71. The Labute approximate surface area is 181 Å². The van der Waals surface area contributed by atoms with Gasteiger partial charge in [0.15, 0.2) is 5.65 Å². The third-order valence-corrected chi connectivity index (χ3v) is 6.56. The zero-order valence-corrected chi connectivity index (χ0v) is 18.3. The molecule has 7 heteroatoms. The first-order valence-electron chi connectivity index (χ1n) is 10.5. The fourth-order valence-electron chi connectivity index (χ4n) is 3.57. The molecule has 158 valence electrons. The number of anilines is 1. The predicted octanol–water partition coefficient (Wildman–Crippen LogP) is 4.75. The van der Waals surface area contributed by atoms with E-state index in [-0.39, 0.29) is 5.91 Å². The Morgan fingerprint density at radius 3 is 2.90 bits per heavy atom. The largest absolute Gasteiger partial charge is 0.381 e. The first-order valence-corrected chi connectivity index (χ1v) is 11.5. The Kier molecular flexibility index (Phi) is 6.69. The maximum absolute atomic E-state index is 12.8. The highest BCUT2D eigenvalue weighted by Gasteiger charge is 2.15. The van der Waals surface area contributed by atoms with Crippen molar-refractivity contribution >= 4 is 34.4 Å². The van der Waals surface area contributed by atoms with E-state index in [1.165, 1.54) is 5.56 Å². The van der Waals surface area contributed by atoms with Crippen molar-refractivity contribution in [3.8, 4) is 0 Å². The maximum Gasteiger partial charge on any atom is 0.257 e. The summed E-state index contributed by atoms with van der Waals surface area (Å²) in [5.74, 6) is 1.27. The summed E-state index contributed by atoms with van der Waals surface area (Å²) in [4.78, 5) is 17.2. The number of ether oxygens (including phenoxy) is 1. The zero-order chi connectivity index (χ0) is 20.9. The molecule has 1 aromatic carbocycles. The van der Waals surface area contributed by atoms with Crippen molar-refractivity contribution in [1.29, 1.82) is 0 Å². The molecule has 0 saturated carbocycles. The molecule has 1 fully saturated rings. The zero-order valence-electron chi connectivity index (χ0n) is 17.5. The van der Waals surface area contributed by atoms with E-state index in [9.17, 15) is 4.79 Å². The van der Waals surface area contributed by atoms with Gasteiger partial charge < -0.3 is 10.1 Å². The first kappa shape index (κ1) is 20.9. The SMILES string of the molecule is CC(C)Cn1ncc2cc(C(=O)Nc3cccc(CSC4CCOCC4)c3)cnc21. The number of pyridine rings is 1. The summed E-state index contributed by atoms with van der Waals surface area (Å²) in [5, 5.41) is 8.95. The molecule has 1 N–H and O–H groups in total. The van der Waals surface area contributed by atoms with Crippen LogP contribution in [0.3, 0.4) is 0 Å². The summed E-state index contributed by atoms with van der Waals surface area (Å²) in [6, 6.07) is 9.93. The van der Waals surface area contributed by atoms with Crippen LogP contribution in [0.5, 0.6) is 0 Å². The third kappa shape index (κ3) is 5.21. The van der Waals surface area contributed by atoms with Crippen molar-refractivity contribution in [2.45, 2.75) is 44.2 Å². The van der Waals surface area contributed by atoms with Crippen molar-refractivity contribution in [3.05, 3.63) is 53.9 Å². The lowest BCUT2D eigenvalue weighted by Crippen LogP contribution is -2.17. The smallest absolute Gasteiger partial charge is 0.257 e. The monoisotopic (exact) mass is 424 g/mol. The highest BCUT2D eigenvalue weighted by molar-refractivity contribution is 7.99. The van der Waals surface area contributed by atoms with E-state index in [1.807, 2.05) is 34.6 Å². The number of carbonyl (C=O) groups is 1. The van der Waals surface area contributed by atoms with E-state index in [0.29, 0.717) is 16.7 Å². The van der Waals surface area contributed by atoms with Gasteiger partial charge in [-0.1, -0.05) is 26.0 Å². The Bertz CT molecular complexity index is 1010. The average molecular weight is 425 g/mol. The molecule has 6 nitrogen and oxygen atoms in total. The van der Waals surface area contributed by atoms with E-state index >= 15 is 0 Å². The summed E-state index contributed by atoms with van der Waals surface area (Å²) in [6.45, 7) is 6.82. The third-order valence-electron chi connectivity index (χ3n) is 5.11. The van der Waals surface area contributed by atoms with Crippen LogP contribution in [-0.2, 0) is 17.0 Å². The first-order chi connectivity index (χ1) is 14.6. The molecular formula is C23H28N4O2S. The lowest BCUT2D eigenvalue weighted by atomic mass is 10.2. The normalized spacial score (nSPS) is 15.0. The van der Waals surface area contributed by atoms with Gasteiger partial charge in [-0.15, -0.1) is 0 Å². The maximum atomic E-state index is 12.8. The number of nitrogens with zero attached hydrogens (tertiary/aromatic N) is 3. The van der Waals surface area contributed by atoms with E-state index < -0.39 is 0 Å². The van der Waals surface area contributed by atoms with E-state index in [0.717, 1.165) is 55.1 Å². The minimum Gasteiger partial charge on any atom is -0.381 e. The highest BCUT2D eigenvalue weighted by Crippen LogP contribution is 2.26. The fraction of sp³-hybridized carbons (Fsp3) is 0.435. The molecule has 1 aliphatic rings. The molecule has 1 aliphatic heterocycles. The molecule has 0 atom stereocenters. The van der Waals surface area contributed by atoms with Crippen LogP contribution in [0.4, 0.5) is 5.69 Å². The van der Waals surface area contributed by atoms with Crippen LogP contribution in [-0.4, -0.2) is 39.1 Å². The second-order valence-electron chi connectivity index (χ2n) is 8.13. The Balaban J connectivity index is 1.40. The topological polar surface area (TPSA) is 69.0 Å². The van der Waals surface area contributed by atoms with Crippen LogP contribution in [0.25, 0.3) is 11.0 Å². The number of nitrogens with one attached hydrogen (secondary N) is 1. The molecule has 1 amide bonds. The number of aromatic nitrogens is 3. The number of rotatable bonds is 7. The summed E-state index contributed by atoms with van der Waals surface area (Å²) >= 11 is 1.97. The van der Waals surface area contributed by atoms with Crippen LogP contribution < -0.4 is 5.32 Å². The molecule has 0 aliphatic carbocycles. The molecule has 0 bridgehead atoms. The van der Waals surface area contributed by atoms with Gasteiger partial charge in [-0.25, -0.2) is 9.67 Å². The van der Waals surface area contributed by atoms with Gasteiger partial charge in [0.25, 0.3) is 5.91 Å². The molecule has 2 aromatic heterocycles. The highest BCUT2D eigenvalue weighted by atomic mass is 32.2. The predicted molar refractivity (Wildman–Crippen MR) is 122 cm³/mol.